The third-order valence-electron chi connectivity index (χ3n) is 5.68. The fourth-order valence-electron chi connectivity index (χ4n) is 4.03. The zero-order valence-corrected chi connectivity index (χ0v) is 15.7. The lowest BCUT2D eigenvalue weighted by molar-refractivity contribution is 0.213. The standard InChI is InChI=1S/C20H27N5O/c1-3-16-11-19(24-23-14(16)2)26-12-15-7-9-25(10-8-15)20-17-5-4-6-18(17)21-13-22-20/h11,13,15H,3-10,12H2,1-2H3. The summed E-state index contributed by atoms with van der Waals surface area (Å²) < 4.78 is 5.94. The number of aryl methyl sites for hydroxylation is 3. The Hall–Kier alpha value is -2.24. The lowest BCUT2D eigenvalue weighted by atomic mass is 9.97. The summed E-state index contributed by atoms with van der Waals surface area (Å²) in [6.07, 6.45) is 8.38. The monoisotopic (exact) mass is 353 g/mol. The number of piperidine rings is 1. The van der Waals surface area contributed by atoms with Crippen LogP contribution in [0.2, 0.25) is 0 Å². The van der Waals surface area contributed by atoms with Crippen LogP contribution >= 0.6 is 0 Å². The summed E-state index contributed by atoms with van der Waals surface area (Å²) in [5, 5.41) is 8.37. The molecule has 0 amide bonds. The van der Waals surface area contributed by atoms with E-state index in [4.69, 9.17) is 4.74 Å². The number of fused-ring (bicyclic) bond motifs is 1. The van der Waals surface area contributed by atoms with Crippen LogP contribution in [0.5, 0.6) is 5.88 Å². The second-order valence-corrected chi connectivity index (χ2v) is 7.36. The first-order chi connectivity index (χ1) is 12.7. The molecule has 4 rings (SSSR count). The van der Waals surface area contributed by atoms with Gasteiger partial charge in [0.15, 0.2) is 0 Å². The van der Waals surface area contributed by atoms with E-state index < -0.39 is 0 Å². The fraction of sp³-hybridized carbons (Fsp3) is 0.600. The van der Waals surface area contributed by atoms with Crippen molar-refractivity contribution in [1.82, 2.24) is 20.2 Å². The van der Waals surface area contributed by atoms with Crippen molar-refractivity contribution in [1.29, 1.82) is 0 Å². The Morgan fingerprint density at radius 2 is 2.00 bits per heavy atom. The van der Waals surface area contributed by atoms with Gasteiger partial charge in [-0.1, -0.05) is 6.92 Å². The van der Waals surface area contributed by atoms with Gasteiger partial charge in [0.25, 0.3) is 0 Å². The number of aromatic nitrogens is 4. The van der Waals surface area contributed by atoms with Gasteiger partial charge in [0.2, 0.25) is 5.88 Å². The molecular weight excluding hydrogens is 326 g/mol. The molecule has 0 aromatic carbocycles. The second-order valence-electron chi connectivity index (χ2n) is 7.36. The van der Waals surface area contributed by atoms with Crippen molar-refractivity contribution >= 4 is 5.82 Å². The summed E-state index contributed by atoms with van der Waals surface area (Å²) in [5.41, 5.74) is 4.84. The molecule has 2 aliphatic rings. The quantitative estimate of drug-likeness (QED) is 0.823. The smallest absolute Gasteiger partial charge is 0.233 e. The third kappa shape index (κ3) is 3.50. The van der Waals surface area contributed by atoms with Gasteiger partial charge < -0.3 is 9.64 Å². The maximum absolute atomic E-state index is 5.94. The summed E-state index contributed by atoms with van der Waals surface area (Å²) in [6, 6.07) is 2.03. The average molecular weight is 353 g/mol. The SMILES string of the molecule is CCc1cc(OCC2CCN(c3ncnc4c3CCC4)CC2)nnc1C. The zero-order chi connectivity index (χ0) is 17.9. The van der Waals surface area contributed by atoms with Crippen molar-refractivity contribution in [3.05, 3.63) is 34.9 Å². The van der Waals surface area contributed by atoms with E-state index in [1.165, 1.54) is 29.1 Å². The van der Waals surface area contributed by atoms with Crippen LogP contribution in [0.4, 0.5) is 5.82 Å². The van der Waals surface area contributed by atoms with Gasteiger partial charge in [-0.05, 0) is 56.9 Å². The molecule has 1 fully saturated rings. The van der Waals surface area contributed by atoms with Crippen molar-refractivity contribution in [2.75, 3.05) is 24.6 Å². The van der Waals surface area contributed by atoms with E-state index in [1.807, 2.05) is 13.0 Å². The number of hydrogen-bond acceptors (Lipinski definition) is 6. The lowest BCUT2D eigenvalue weighted by Crippen LogP contribution is -2.36. The normalized spacial score (nSPS) is 17.4. The zero-order valence-electron chi connectivity index (χ0n) is 15.7. The molecule has 0 saturated carbocycles. The first-order valence-electron chi connectivity index (χ1n) is 9.78. The Morgan fingerprint density at radius 3 is 2.81 bits per heavy atom. The molecule has 6 heteroatoms. The van der Waals surface area contributed by atoms with Crippen molar-refractivity contribution in [2.24, 2.45) is 5.92 Å². The molecule has 0 radical (unpaired) electrons. The van der Waals surface area contributed by atoms with Crippen molar-refractivity contribution in [3.63, 3.8) is 0 Å². The number of ether oxygens (including phenoxy) is 1. The Labute approximate surface area is 155 Å². The summed E-state index contributed by atoms with van der Waals surface area (Å²) in [4.78, 5) is 11.5. The van der Waals surface area contributed by atoms with Gasteiger partial charge in [0.1, 0.15) is 12.1 Å². The summed E-state index contributed by atoms with van der Waals surface area (Å²) >= 11 is 0. The third-order valence-corrected chi connectivity index (χ3v) is 5.68. The maximum Gasteiger partial charge on any atom is 0.233 e. The topological polar surface area (TPSA) is 64.0 Å². The number of nitrogens with zero attached hydrogens (tertiary/aromatic N) is 5. The molecule has 1 aliphatic carbocycles. The van der Waals surface area contributed by atoms with Gasteiger partial charge >= 0.3 is 0 Å². The average Bonchev–Trinajstić information content (AvgIpc) is 3.17. The van der Waals surface area contributed by atoms with E-state index >= 15 is 0 Å². The van der Waals surface area contributed by atoms with E-state index in [9.17, 15) is 0 Å². The van der Waals surface area contributed by atoms with Crippen LogP contribution in [0.15, 0.2) is 12.4 Å². The van der Waals surface area contributed by atoms with E-state index in [-0.39, 0.29) is 0 Å². The molecule has 6 nitrogen and oxygen atoms in total. The van der Waals surface area contributed by atoms with Crippen molar-refractivity contribution < 1.29 is 4.74 Å². The predicted octanol–water partition coefficient (Wildman–Crippen LogP) is 2.92. The van der Waals surface area contributed by atoms with Gasteiger partial charge in [-0.2, -0.15) is 5.10 Å². The molecule has 0 N–H and O–H groups in total. The molecule has 0 atom stereocenters. The van der Waals surface area contributed by atoms with Crippen LogP contribution in [0.3, 0.4) is 0 Å². The molecule has 1 saturated heterocycles. The number of anilines is 1. The molecule has 138 valence electrons. The molecule has 26 heavy (non-hydrogen) atoms. The van der Waals surface area contributed by atoms with Gasteiger partial charge in [-0.3, -0.25) is 0 Å². The highest BCUT2D eigenvalue weighted by Crippen LogP contribution is 2.30. The van der Waals surface area contributed by atoms with Gasteiger partial charge in [0.05, 0.1) is 12.3 Å². The van der Waals surface area contributed by atoms with Gasteiger partial charge in [-0.25, -0.2) is 9.97 Å². The fourth-order valence-corrected chi connectivity index (χ4v) is 4.03. The minimum atomic E-state index is 0.564. The minimum Gasteiger partial charge on any atom is -0.476 e. The summed E-state index contributed by atoms with van der Waals surface area (Å²) in [7, 11) is 0. The number of hydrogen-bond donors (Lipinski definition) is 0. The lowest BCUT2D eigenvalue weighted by Gasteiger charge is -2.33. The Kier molecular flexibility index (Phi) is 5.00. The van der Waals surface area contributed by atoms with E-state index in [2.05, 4.69) is 32.0 Å². The highest BCUT2D eigenvalue weighted by molar-refractivity contribution is 5.50. The molecule has 0 unspecified atom stereocenters. The molecule has 2 aromatic heterocycles. The van der Waals surface area contributed by atoms with E-state index in [0.29, 0.717) is 11.8 Å². The minimum absolute atomic E-state index is 0.564. The Morgan fingerprint density at radius 1 is 1.15 bits per heavy atom. The molecule has 0 bridgehead atoms. The molecular formula is C20H27N5O. The maximum atomic E-state index is 5.94. The van der Waals surface area contributed by atoms with Crippen LogP contribution < -0.4 is 9.64 Å². The molecule has 0 spiro atoms. The van der Waals surface area contributed by atoms with Crippen molar-refractivity contribution in [2.45, 2.75) is 52.4 Å². The number of rotatable bonds is 5. The van der Waals surface area contributed by atoms with Crippen LogP contribution in [0.1, 0.15) is 48.7 Å². The van der Waals surface area contributed by atoms with Crippen LogP contribution in [-0.4, -0.2) is 39.9 Å². The Balaban J connectivity index is 1.32. The largest absolute Gasteiger partial charge is 0.476 e. The van der Waals surface area contributed by atoms with Gasteiger partial charge in [0, 0.05) is 30.4 Å². The Bertz CT molecular complexity index is 771. The molecule has 3 heterocycles. The highest BCUT2D eigenvalue weighted by Gasteiger charge is 2.25. The van der Waals surface area contributed by atoms with E-state index in [0.717, 1.165) is 57.5 Å². The highest BCUT2D eigenvalue weighted by atomic mass is 16.5. The van der Waals surface area contributed by atoms with Gasteiger partial charge in [-0.15, -0.1) is 5.10 Å². The second kappa shape index (κ2) is 7.56. The summed E-state index contributed by atoms with van der Waals surface area (Å²) in [6.45, 7) is 6.92. The van der Waals surface area contributed by atoms with Crippen LogP contribution in [-0.2, 0) is 19.3 Å². The summed E-state index contributed by atoms with van der Waals surface area (Å²) in [5.74, 6) is 2.39. The molecule has 2 aromatic rings. The predicted molar refractivity (Wildman–Crippen MR) is 101 cm³/mol. The first kappa shape index (κ1) is 17.2. The van der Waals surface area contributed by atoms with Crippen molar-refractivity contribution in [3.8, 4) is 5.88 Å². The van der Waals surface area contributed by atoms with E-state index in [1.54, 1.807) is 6.33 Å². The van der Waals surface area contributed by atoms with Crippen LogP contribution in [0.25, 0.3) is 0 Å². The van der Waals surface area contributed by atoms with Crippen LogP contribution in [0, 0.1) is 12.8 Å². The first-order valence-corrected chi connectivity index (χ1v) is 9.78. The molecule has 1 aliphatic heterocycles.